The second-order valence-corrected chi connectivity index (χ2v) is 7.44. The van der Waals surface area contributed by atoms with Crippen molar-refractivity contribution < 1.29 is 0 Å². The Bertz CT molecular complexity index is 904. The number of aryl methyl sites for hydroxylation is 1. The summed E-state index contributed by atoms with van der Waals surface area (Å²) in [6, 6.07) is 17.3. The van der Waals surface area contributed by atoms with Gasteiger partial charge in [0.25, 0.3) is 0 Å². The normalized spacial score (nSPS) is 12.2. The molecule has 0 saturated carbocycles. The average molecular weight is 517 g/mol. The largest absolute Gasteiger partial charge is 0.357 e. The third-order valence-corrected chi connectivity index (χ3v) is 4.90. The van der Waals surface area contributed by atoms with Crippen LogP contribution in [0, 0.1) is 6.92 Å². The lowest BCUT2D eigenvalue weighted by molar-refractivity contribution is 0.699. The first kappa shape index (κ1) is 23.9. The molecule has 0 saturated heterocycles. The zero-order valence-electron chi connectivity index (χ0n) is 18.0. The number of halogens is 1. The van der Waals surface area contributed by atoms with Crippen molar-refractivity contribution in [1.29, 1.82) is 0 Å². The van der Waals surface area contributed by atoms with Crippen LogP contribution in [0.15, 0.2) is 72.2 Å². The number of rotatable bonds is 8. The SMILES string of the molecule is CCNC(=NCc1ccc(Cn2ccnc2)cc1)NCC(C)c1cccc(C)c1.I. The number of aromatic nitrogens is 2. The van der Waals surface area contributed by atoms with Crippen LogP contribution >= 0.6 is 24.0 Å². The third kappa shape index (κ3) is 7.48. The highest BCUT2D eigenvalue weighted by molar-refractivity contribution is 14.0. The molecule has 160 valence electrons. The summed E-state index contributed by atoms with van der Waals surface area (Å²) < 4.78 is 2.07. The number of guanidine groups is 1. The molecule has 0 amide bonds. The Morgan fingerprint density at radius 2 is 1.87 bits per heavy atom. The van der Waals surface area contributed by atoms with Crippen LogP contribution < -0.4 is 10.6 Å². The Morgan fingerprint density at radius 1 is 1.10 bits per heavy atom. The Morgan fingerprint density at radius 3 is 2.53 bits per heavy atom. The maximum atomic E-state index is 4.75. The maximum absolute atomic E-state index is 4.75. The fourth-order valence-corrected chi connectivity index (χ4v) is 3.20. The molecule has 0 aliphatic rings. The summed E-state index contributed by atoms with van der Waals surface area (Å²) in [5.74, 6) is 1.27. The van der Waals surface area contributed by atoms with Gasteiger partial charge in [-0.2, -0.15) is 0 Å². The number of imidazole rings is 1. The van der Waals surface area contributed by atoms with Gasteiger partial charge in [-0.15, -0.1) is 24.0 Å². The van der Waals surface area contributed by atoms with Crippen molar-refractivity contribution in [1.82, 2.24) is 20.2 Å². The second kappa shape index (κ2) is 12.4. The molecule has 1 unspecified atom stereocenters. The number of benzene rings is 2. The van der Waals surface area contributed by atoms with E-state index in [4.69, 9.17) is 4.99 Å². The summed E-state index contributed by atoms with van der Waals surface area (Å²) in [6.45, 7) is 9.64. The van der Waals surface area contributed by atoms with E-state index in [0.29, 0.717) is 12.5 Å². The first-order chi connectivity index (χ1) is 14.1. The Balaban J connectivity index is 0.00000320. The minimum absolute atomic E-state index is 0. The van der Waals surface area contributed by atoms with E-state index >= 15 is 0 Å². The maximum Gasteiger partial charge on any atom is 0.191 e. The molecule has 30 heavy (non-hydrogen) atoms. The van der Waals surface area contributed by atoms with E-state index < -0.39 is 0 Å². The van der Waals surface area contributed by atoms with E-state index in [9.17, 15) is 0 Å². The van der Waals surface area contributed by atoms with Crippen molar-refractivity contribution >= 4 is 29.9 Å². The molecule has 2 aromatic carbocycles. The van der Waals surface area contributed by atoms with Crippen LogP contribution in [0.1, 0.15) is 42.0 Å². The van der Waals surface area contributed by atoms with E-state index in [2.05, 4.69) is 89.5 Å². The van der Waals surface area contributed by atoms with Crippen LogP contribution in [-0.4, -0.2) is 28.6 Å². The molecule has 3 aromatic rings. The first-order valence-electron chi connectivity index (χ1n) is 10.3. The van der Waals surface area contributed by atoms with Gasteiger partial charge >= 0.3 is 0 Å². The zero-order valence-corrected chi connectivity index (χ0v) is 20.3. The Kier molecular flexibility index (Phi) is 9.86. The van der Waals surface area contributed by atoms with Crippen LogP contribution in [0.3, 0.4) is 0 Å². The van der Waals surface area contributed by atoms with Gasteiger partial charge in [0.15, 0.2) is 5.96 Å². The minimum Gasteiger partial charge on any atom is -0.357 e. The average Bonchev–Trinajstić information content (AvgIpc) is 3.24. The summed E-state index contributed by atoms with van der Waals surface area (Å²) in [4.78, 5) is 8.84. The van der Waals surface area contributed by atoms with Crippen LogP contribution in [0.2, 0.25) is 0 Å². The van der Waals surface area contributed by atoms with Gasteiger partial charge in [0.1, 0.15) is 0 Å². The van der Waals surface area contributed by atoms with Crippen molar-refractivity contribution in [2.75, 3.05) is 13.1 Å². The summed E-state index contributed by atoms with van der Waals surface area (Å²) in [6.07, 6.45) is 5.62. The van der Waals surface area contributed by atoms with E-state index in [-0.39, 0.29) is 24.0 Å². The predicted octanol–water partition coefficient (Wildman–Crippen LogP) is 4.72. The van der Waals surface area contributed by atoms with Gasteiger partial charge in [-0.05, 0) is 36.5 Å². The van der Waals surface area contributed by atoms with E-state index in [0.717, 1.165) is 25.6 Å². The van der Waals surface area contributed by atoms with E-state index in [1.165, 1.54) is 22.3 Å². The lowest BCUT2D eigenvalue weighted by Gasteiger charge is -2.16. The Hall–Kier alpha value is -2.35. The van der Waals surface area contributed by atoms with Crippen molar-refractivity contribution in [3.63, 3.8) is 0 Å². The summed E-state index contributed by atoms with van der Waals surface area (Å²) in [5.41, 5.74) is 5.10. The number of nitrogens with one attached hydrogen (secondary N) is 2. The van der Waals surface area contributed by atoms with Crippen LogP contribution in [0.25, 0.3) is 0 Å². The molecule has 0 aliphatic heterocycles. The first-order valence-corrected chi connectivity index (χ1v) is 10.3. The second-order valence-electron chi connectivity index (χ2n) is 7.44. The number of hydrogen-bond acceptors (Lipinski definition) is 2. The fraction of sp³-hybridized carbons (Fsp3) is 0.333. The van der Waals surface area contributed by atoms with Crippen LogP contribution in [0.4, 0.5) is 0 Å². The molecular weight excluding hydrogens is 485 g/mol. The molecular formula is C24H32IN5. The molecule has 6 heteroatoms. The number of aliphatic imine (C=N–C) groups is 1. The molecule has 5 nitrogen and oxygen atoms in total. The summed E-state index contributed by atoms with van der Waals surface area (Å²) >= 11 is 0. The number of hydrogen-bond donors (Lipinski definition) is 2. The van der Waals surface area contributed by atoms with Gasteiger partial charge in [-0.25, -0.2) is 9.98 Å². The highest BCUT2D eigenvalue weighted by Gasteiger charge is 2.07. The molecule has 3 rings (SSSR count). The molecule has 0 spiro atoms. The van der Waals surface area contributed by atoms with Gasteiger partial charge < -0.3 is 15.2 Å². The molecule has 1 aromatic heterocycles. The molecule has 0 bridgehead atoms. The lowest BCUT2D eigenvalue weighted by Crippen LogP contribution is -2.39. The lowest BCUT2D eigenvalue weighted by atomic mass is 9.99. The number of nitrogens with zero attached hydrogens (tertiary/aromatic N) is 3. The van der Waals surface area contributed by atoms with Crippen molar-refractivity contribution in [2.24, 2.45) is 4.99 Å². The molecule has 0 radical (unpaired) electrons. The van der Waals surface area contributed by atoms with E-state index in [1.807, 2.05) is 12.5 Å². The smallest absolute Gasteiger partial charge is 0.191 e. The topological polar surface area (TPSA) is 54.2 Å². The van der Waals surface area contributed by atoms with Gasteiger partial charge in [0, 0.05) is 32.0 Å². The highest BCUT2D eigenvalue weighted by atomic mass is 127. The van der Waals surface area contributed by atoms with Crippen molar-refractivity contribution in [3.8, 4) is 0 Å². The standard InChI is InChI=1S/C24H31N5.HI/c1-4-26-24(27-15-20(3)23-7-5-6-19(2)14-23)28-16-21-8-10-22(11-9-21)17-29-13-12-25-18-29;/h5-14,18,20H,4,15-17H2,1-3H3,(H2,26,27,28);1H. The highest BCUT2D eigenvalue weighted by Crippen LogP contribution is 2.15. The molecule has 0 aliphatic carbocycles. The van der Waals surface area contributed by atoms with Crippen LogP contribution in [-0.2, 0) is 13.1 Å². The van der Waals surface area contributed by atoms with Gasteiger partial charge in [0.2, 0.25) is 0 Å². The Labute approximate surface area is 197 Å². The fourth-order valence-electron chi connectivity index (χ4n) is 3.20. The summed E-state index contributed by atoms with van der Waals surface area (Å²) in [5, 5.41) is 6.82. The predicted molar refractivity (Wildman–Crippen MR) is 136 cm³/mol. The molecule has 1 heterocycles. The van der Waals surface area contributed by atoms with Gasteiger partial charge in [-0.3, -0.25) is 0 Å². The molecule has 0 fully saturated rings. The van der Waals surface area contributed by atoms with Crippen molar-refractivity contribution in [2.45, 2.75) is 39.8 Å². The molecule has 1 atom stereocenters. The van der Waals surface area contributed by atoms with Crippen molar-refractivity contribution in [3.05, 3.63) is 89.5 Å². The van der Waals surface area contributed by atoms with E-state index in [1.54, 1.807) is 6.20 Å². The van der Waals surface area contributed by atoms with Gasteiger partial charge in [-0.1, -0.05) is 61.0 Å². The monoisotopic (exact) mass is 517 g/mol. The zero-order chi connectivity index (χ0) is 20.5. The van der Waals surface area contributed by atoms with Crippen LogP contribution in [0.5, 0.6) is 0 Å². The molecule has 2 N–H and O–H groups in total. The summed E-state index contributed by atoms with van der Waals surface area (Å²) in [7, 11) is 0. The minimum atomic E-state index is 0. The van der Waals surface area contributed by atoms with Gasteiger partial charge in [0.05, 0.1) is 12.9 Å². The third-order valence-electron chi connectivity index (χ3n) is 4.90. The quantitative estimate of drug-likeness (QED) is 0.259.